The summed E-state index contributed by atoms with van der Waals surface area (Å²) in [5, 5.41) is 0. The molecule has 1 rings (SSSR count). The number of halogens is 1. The Labute approximate surface area is 76.0 Å². The van der Waals surface area contributed by atoms with E-state index < -0.39 is 0 Å². The van der Waals surface area contributed by atoms with E-state index in [2.05, 4.69) is 47.9 Å². The molecule has 1 radical (unpaired) electrons. The summed E-state index contributed by atoms with van der Waals surface area (Å²) in [5.41, 5.74) is 1.24. The van der Waals surface area contributed by atoms with Crippen LogP contribution in [0, 0.1) is 6.20 Å². The second kappa shape index (κ2) is 2.94. The van der Waals surface area contributed by atoms with Crippen LogP contribution in [0.25, 0.3) is 0 Å². The van der Waals surface area contributed by atoms with Gasteiger partial charge in [-0.1, -0.05) is 36.7 Å². The molecule has 0 aromatic carbocycles. The summed E-state index contributed by atoms with van der Waals surface area (Å²) in [6.07, 6.45) is 4.72. The molecule has 0 atom stereocenters. The normalized spacial score (nSPS) is 11.6. The lowest BCUT2D eigenvalue weighted by Crippen LogP contribution is -2.12. The first-order valence-electron chi connectivity index (χ1n) is 3.54. The van der Waals surface area contributed by atoms with Gasteiger partial charge in [0.25, 0.3) is 0 Å². The predicted octanol–water partition coefficient (Wildman–Crippen LogP) is 2.94. The Morgan fingerprint density at radius 1 is 1.45 bits per heavy atom. The minimum absolute atomic E-state index is 0.118. The topological polar surface area (TPSA) is 12.9 Å². The molecule has 59 valence electrons. The van der Waals surface area contributed by atoms with Gasteiger partial charge in [0.15, 0.2) is 0 Å². The van der Waals surface area contributed by atoms with Crippen LogP contribution in [0.3, 0.4) is 0 Å². The van der Waals surface area contributed by atoms with Crippen molar-refractivity contribution in [2.75, 3.05) is 0 Å². The van der Waals surface area contributed by atoms with E-state index in [1.807, 2.05) is 6.07 Å². The third kappa shape index (κ3) is 2.03. The highest BCUT2D eigenvalue weighted by molar-refractivity contribution is 9.10. The molecule has 1 aromatic heterocycles. The maximum Gasteiger partial charge on any atom is 0.0938 e. The molecule has 0 amide bonds. The minimum Gasteiger partial charge on any atom is -0.254 e. The first kappa shape index (κ1) is 8.72. The number of nitrogens with zero attached hydrogens (tertiary/aromatic N) is 1. The van der Waals surface area contributed by atoms with Gasteiger partial charge < -0.3 is 0 Å². The molecule has 1 heterocycles. The van der Waals surface area contributed by atoms with Crippen molar-refractivity contribution in [3.05, 3.63) is 28.5 Å². The highest BCUT2D eigenvalue weighted by Gasteiger charge is 2.16. The number of hydrogen-bond acceptors (Lipinski definition) is 1. The highest BCUT2D eigenvalue weighted by Crippen LogP contribution is 2.27. The Hall–Kier alpha value is -0.370. The predicted molar refractivity (Wildman–Crippen MR) is 49.5 cm³/mol. The molecular weight excluding hydrogens is 202 g/mol. The van der Waals surface area contributed by atoms with Gasteiger partial charge in [-0.05, 0) is 17.0 Å². The van der Waals surface area contributed by atoms with Crippen LogP contribution in [0.1, 0.15) is 26.3 Å². The summed E-state index contributed by atoms with van der Waals surface area (Å²) in [5.74, 6) is 0. The lowest BCUT2D eigenvalue weighted by atomic mass is 9.88. The highest BCUT2D eigenvalue weighted by atomic mass is 79.9. The minimum atomic E-state index is 0.118. The number of hydrogen-bond donors (Lipinski definition) is 0. The van der Waals surface area contributed by atoms with Gasteiger partial charge in [-0.2, -0.15) is 0 Å². The number of pyridine rings is 1. The van der Waals surface area contributed by atoms with E-state index in [1.54, 1.807) is 6.20 Å². The molecule has 1 aromatic rings. The van der Waals surface area contributed by atoms with Gasteiger partial charge in [0.2, 0.25) is 0 Å². The Morgan fingerprint density at radius 3 is 2.45 bits per heavy atom. The molecule has 0 fully saturated rings. The summed E-state index contributed by atoms with van der Waals surface area (Å²) in [4.78, 5) is 3.96. The molecule has 0 aliphatic carbocycles. The molecule has 0 aliphatic rings. The van der Waals surface area contributed by atoms with Crippen LogP contribution in [0.5, 0.6) is 0 Å². The third-order valence-corrected chi connectivity index (χ3v) is 2.12. The lowest BCUT2D eigenvalue weighted by molar-refractivity contribution is 0.583. The second-order valence-electron chi connectivity index (χ2n) is 3.53. The molecule has 1 nitrogen and oxygen atoms in total. The average Bonchev–Trinajstić information content (AvgIpc) is 1.86. The number of aromatic nitrogens is 1. The zero-order chi connectivity index (χ0) is 8.48. The third-order valence-electron chi connectivity index (χ3n) is 1.46. The smallest absolute Gasteiger partial charge is 0.0938 e. The molecule has 0 aliphatic heterocycles. The summed E-state index contributed by atoms with van der Waals surface area (Å²) in [7, 11) is 0. The van der Waals surface area contributed by atoms with Crippen LogP contribution >= 0.6 is 15.9 Å². The Bertz CT molecular complexity index is 250. The van der Waals surface area contributed by atoms with Crippen molar-refractivity contribution in [1.29, 1.82) is 0 Å². The van der Waals surface area contributed by atoms with E-state index in [0.29, 0.717) is 0 Å². The van der Waals surface area contributed by atoms with Crippen molar-refractivity contribution in [2.24, 2.45) is 0 Å². The van der Waals surface area contributed by atoms with Crippen LogP contribution < -0.4 is 0 Å². The average molecular weight is 213 g/mol. The molecule has 0 bridgehead atoms. The van der Waals surface area contributed by atoms with E-state index in [-0.39, 0.29) is 5.41 Å². The van der Waals surface area contributed by atoms with E-state index in [9.17, 15) is 0 Å². The molecule has 0 spiro atoms. The van der Waals surface area contributed by atoms with Crippen molar-refractivity contribution in [1.82, 2.24) is 4.98 Å². The van der Waals surface area contributed by atoms with Crippen LogP contribution in [0.4, 0.5) is 0 Å². The van der Waals surface area contributed by atoms with Gasteiger partial charge in [-0.25, -0.2) is 0 Å². The molecule has 11 heavy (non-hydrogen) atoms. The summed E-state index contributed by atoms with van der Waals surface area (Å²) >= 11 is 3.46. The first-order chi connectivity index (χ1) is 5.02. The fraction of sp³-hybridized carbons (Fsp3) is 0.444. The SMILES string of the molecule is CC(C)(C)c1[c]nccc1Br. The maximum atomic E-state index is 3.96. The molecule has 0 N–H and O–H groups in total. The van der Waals surface area contributed by atoms with Gasteiger partial charge >= 0.3 is 0 Å². The largest absolute Gasteiger partial charge is 0.254 e. The van der Waals surface area contributed by atoms with Gasteiger partial charge in [0.1, 0.15) is 0 Å². The summed E-state index contributed by atoms with van der Waals surface area (Å²) in [6, 6.07) is 1.94. The van der Waals surface area contributed by atoms with E-state index in [1.165, 1.54) is 0 Å². The number of rotatable bonds is 0. The lowest BCUT2D eigenvalue weighted by Gasteiger charge is -2.18. The Kier molecular flexibility index (Phi) is 2.33. The van der Waals surface area contributed by atoms with Gasteiger partial charge in [0.05, 0.1) is 6.20 Å². The summed E-state index contributed by atoms with van der Waals surface area (Å²) < 4.78 is 1.08. The summed E-state index contributed by atoms with van der Waals surface area (Å²) in [6.45, 7) is 6.43. The van der Waals surface area contributed by atoms with Crippen LogP contribution in [-0.4, -0.2) is 4.98 Å². The molecular formula is C9H11BrN. The van der Waals surface area contributed by atoms with E-state index in [0.717, 1.165) is 10.0 Å². The van der Waals surface area contributed by atoms with Crippen molar-refractivity contribution < 1.29 is 0 Å². The van der Waals surface area contributed by atoms with Gasteiger partial charge in [-0.15, -0.1) is 0 Å². The van der Waals surface area contributed by atoms with Crippen LogP contribution in [0.15, 0.2) is 16.7 Å². The first-order valence-corrected chi connectivity index (χ1v) is 4.34. The zero-order valence-electron chi connectivity index (χ0n) is 6.98. The fourth-order valence-corrected chi connectivity index (χ4v) is 1.67. The zero-order valence-corrected chi connectivity index (χ0v) is 8.57. The van der Waals surface area contributed by atoms with Crippen molar-refractivity contribution in [3.63, 3.8) is 0 Å². The molecule has 0 unspecified atom stereocenters. The maximum absolute atomic E-state index is 3.96. The van der Waals surface area contributed by atoms with Gasteiger partial charge in [0, 0.05) is 10.7 Å². The van der Waals surface area contributed by atoms with Gasteiger partial charge in [-0.3, -0.25) is 4.98 Å². The second-order valence-corrected chi connectivity index (χ2v) is 4.38. The fourth-order valence-electron chi connectivity index (χ4n) is 0.867. The van der Waals surface area contributed by atoms with Crippen molar-refractivity contribution in [2.45, 2.75) is 26.2 Å². The monoisotopic (exact) mass is 212 g/mol. The quantitative estimate of drug-likeness (QED) is 0.645. The van der Waals surface area contributed by atoms with E-state index >= 15 is 0 Å². The van der Waals surface area contributed by atoms with Crippen LogP contribution in [-0.2, 0) is 5.41 Å². The van der Waals surface area contributed by atoms with Crippen LogP contribution in [0.2, 0.25) is 0 Å². The standard InChI is InChI=1S/C9H11BrN/c1-9(2,3)7-6-11-5-4-8(7)10/h4-5H,1-3H3. The van der Waals surface area contributed by atoms with Crippen molar-refractivity contribution >= 4 is 15.9 Å². The Morgan fingerprint density at radius 2 is 2.09 bits per heavy atom. The van der Waals surface area contributed by atoms with E-state index in [4.69, 9.17) is 0 Å². The molecule has 2 heteroatoms. The molecule has 0 saturated heterocycles. The Balaban J connectivity index is 3.14. The molecule has 0 saturated carbocycles. The van der Waals surface area contributed by atoms with Crippen molar-refractivity contribution in [3.8, 4) is 0 Å².